The number of esters is 1. The molecule has 172 valence electrons. The second-order valence-electron chi connectivity index (χ2n) is 8.48. The molecule has 1 aliphatic carbocycles. The average Bonchev–Trinajstić information content (AvgIpc) is 3.23. The highest BCUT2D eigenvalue weighted by Crippen LogP contribution is 2.62. The van der Waals surface area contributed by atoms with Crippen LogP contribution < -0.4 is 0 Å². The number of hydrogen-bond acceptors (Lipinski definition) is 2. The summed E-state index contributed by atoms with van der Waals surface area (Å²) in [4.78, 5) is 12.4. The monoisotopic (exact) mass is 576 g/mol. The van der Waals surface area contributed by atoms with E-state index in [-0.39, 0.29) is 35.5 Å². The molecule has 2 unspecified atom stereocenters. The summed E-state index contributed by atoms with van der Waals surface area (Å²) < 4.78 is 59.4. The lowest BCUT2D eigenvalue weighted by molar-refractivity contribution is -0.145. The number of carbonyl (C=O) groups is 1. The van der Waals surface area contributed by atoms with Gasteiger partial charge in [-0.15, -0.1) is 0 Å². The predicted molar refractivity (Wildman–Crippen MR) is 123 cm³/mol. The lowest BCUT2D eigenvalue weighted by Crippen LogP contribution is -2.08. The van der Waals surface area contributed by atoms with Gasteiger partial charge >= 0.3 is 12.1 Å². The summed E-state index contributed by atoms with van der Waals surface area (Å²) in [5.74, 6) is -0.461. The maximum Gasteiger partial charge on any atom is 0.416 e. The van der Waals surface area contributed by atoms with Crippen molar-refractivity contribution >= 4 is 37.8 Å². The van der Waals surface area contributed by atoms with Crippen molar-refractivity contribution in [3.63, 3.8) is 0 Å². The van der Waals surface area contributed by atoms with Crippen LogP contribution in [0.15, 0.2) is 51.9 Å². The van der Waals surface area contributed by atoms with Gasteiger partial charge in [0.15, 0.2) is 0 Å². The van der Waals surface area contributed by atoms with Crippen LogP contribution in [0.5, 0.6) is 0 Å². The van der Waals surface area contributed by atoms with Crippen molar-refractivity contribution in [2.75, 3.05) is 0 Å². The van der Waals surface area contributed by atoms with Gasteiger partial charge in [0.1, 0.15) is 12.4 Å². The molecular weight excluding hydrogens is 556 g/mol. The molecule has 2 atom stereocenters. The van der Waals surface area contributed by atoms with Gasteiger partial charge in [0, 0.05) is 17.5 Å². The third-order valence-corrected chi connectivity index (χ3v) is 6.84. The summed E-state index contributed by atoms with van der Waals surface area (Å²) in [6.45, 7) is 3.99. The minimum Gasteiger partial charge on any atom is -0.461 e. The lowest BCUT2D eigenvalue weighted by Gasteiger charge is -2.11. The Labute approximate surface area is 201 Å². The normalized spacial score (nSPS) is 19.4. The maximum absolute atomic E-state index is 15.0. The molecule has 32 heavy (non-hydrogen) atoms. The van der Waals surface area contributed by atoms with E-state index in [0.29, 0.717) is 11.5 Å². The minimum atomic E-state index is -4.46. The number of allylic oxidation sites excluding steroid dienone is 1. The fourth-order valence-electron chi connectivity index (χ4n) is 4.10. The van der Waals surface area contributed by atoms with E-state index >= 15 is 0 Å². The Kier molecular flexibility index (Phi) is 7.55. The number of ether oxygens (including phenoxy) is 1. The smallest absolute Gasteiger partial charge is 0.416 e. The number of alkyl halides is 3. The van der Waals surface area contributed by atoms with Gasteiger partial charge in [-0.1, -0.05) is 50.3 Å². The van der Waals surface area contributed by atoms with Crippen LogP contribution >= 0.6 is 31.9 Å². The third-order valence-electron chi connectivity index (χ3n) is 6.19. The van der Waals surface area contributed by atoms with Gasteiger partial charge in [-0.05, 0) is 73.2 Å². The number of rotatable bonds is 7. The Balaban J connectivity index is 1.63. The highest BCUT2D eigenvalue weighted by molar-refractivity contribution is 9.28. The van der Waals surface area contributed by atoms with Crippen molar-refractivity contribution in [2.45, 2.75) is 39.5 Å². The van der Waals surface area contributed by atoms with E-state index in [2.05, 4.69) is 45.7 Å². The van der Waals surface area contributed by atoms with E-state index in [4.69, 9.17) is 4.74 Å². The zero-order chi connectivity index (χ0) is 23.7. The molecular formula is C24H22Br2F4O2. The third kappa shape index (κ3) is 5.81. The number of carbonyl (C=O) groups excluding carboxylic acids is 1. The molecule has 0 amide bonds. The van der Waals surface area contributed by atoms with Crippen LogP contribution in [0.3, 0.4) is 0 Å². The Morgan fingerprint density at radius 3 is 2.34 bits per heavy atom. The SMILES string of the molecule is CC1(C)C(CC=C(Br)Br)C1CC(=O)OCc1cccc(-c2ccc(C(F)(F)F)cc2)c1F. The van der Waals surface area contributed by atoms with Crippen molar-refractivity contribution in [1.29, 1.82) is 0 Å². The summed E-state index contributed by atoms with van der Waals surface area (Å²) in [5, 5.41) is 0. The average molecular weight is 578 g/mol. The van der Waals surface area contributed by atoms with E-state index < -0.39 is 23.5 Å². The van der Waals surface area contributed by atoms with Crippen LogP contribution in [-0.4, -0.2) is 5.97 Å². The van der Waals surface area contributed by atoms with E-state index in [1.54, 1.807) is 6.07 Å². The van der Waals surface area contributed by atoms with Gasteiger partial charge in [-0.3, -0.25) is 4.79 Å². The van der Waals surface area contributed by atoms with Gasteiger partial charge < -0.3 is 4.74 Å². The Bertz CT molecular complexity index is 1010. The van der Waals surface area contributed by atoms with Gasteiger partial charge in [-0.2, -0.15) is 13.2 Å². The largest absolute Gasteiger partial charge is 0.461 e. The number of hydrogen-bond donors (Lipinski definition) is 0. The summed E-state index contributed by atoms with van der Waals surface area (Å²) >= 11 is 6.66. The van der Waals surface area contributed by atoms with Gasteiger partial charge in [-0.25, -0.2) is 4.39 Å². The van der Waals surface area contributed by atoms with Crippen LogP contribution in [0.25, 0.3) is 11.1 Å². The molecule has 0 radical (unpaired) electrons. The highest BCUT2D eigenvalue weighted by atomic mass is 79.9. The highest BCUT2D eigenvalue weighted by Gasteiger charge is 2.57. The standard InChI is InChI=1S/C24H22Br2F4O2/c1-23(2)18(10-11-20(25)26)19(23)12-21(31)32-13-15-4-3-5-17(22(15)27)14-6-8-16(9-7-14)24(28,29)30/h3-9,11,18-19H,10,12-13H2,1-2H3. The zero-order valence-electron chi connectivity index (χ0n) is 17.5. The molecule has 0 heterocycles. The number of benzene rings is 2. The topological polar surface area (TPSA) is 26.3 Å². The maximum atomic E-state index is 15.0. The van der Waals surface area contributed by atoms with E-state index in [0.717, 1.165) is 21.9 Å². The predicted octanol–water partition coefficient (Wildman–Crippen LogP) is 8.24. The first kappa shape index (κ1) is 25.0. The van der Waals surface area contributed by atoms with Gasteiger partial charge in [0.2, 0.25) is 0 Å². The lowest BCUT2D eigenvalue weighted by atomic mass is 10.0. The first-order valence-corrected chi connectivity index (χ1v) is 11.6. The summed E-state index contributed by atoms with van der Waals surface area (Å²) in [6, 6.07) is 8.85. The Morgan fingerprint density at radius 2 is 1.75 bits per heavy atom. The molecule has 1 saturated carbocycles. The summed E-state index contributed by atoms with van der Waals surface area (Å²) in [6.07, 6.45) is -1.35. The van der Waals surface area contributed by atoms with E-state index in [1.165, 1.54) is 24.3 Å². The molecule has 2 aromatic rings. The molecule has 1 fully saturated rings. The van der Waals surface area contributed by atoms with Crippen LogP contribution in [0.2, 0.25) is 0 Å². The second kappa shape index (κ2) is 9.67. The summed E-state index contributed by atoms with van der Waals surface area (Å²) in [7, 11) is 0. The fraction of sp³-hybridized carbons (Fsp3) is 0.375. The van der Waals surface area contributed by atoms with Crippen molar-refractivity contribution in [3.05, 3.63) is 68.9 Å². The molecule has 3 rings (SSSR count). The Morgan fingerprint density at radius 1 is 1.09 bits per heavy atom. The molecule has 0 aliphatic heterocycles. The minimum absolute atomic E-state index is 0.0265. The number of halogens is 6. The molecule has 0 N–H and O–H groups in total. The van der Waals surface area contributed by atoms with E-state index in [9.17, 15) is 22.4 Å². The van der Waals surface area contributed by atoms with Crippen LogP contribution in [-0.2, 0) is 22.3 Å². The van der Waals surface area contributed by atoms with Crippen molar-refractivity contribution in [1.82, 2.24) is 0 Å². The Hall–Kier alpha value is -1.67. The molecule has 0 bridgehead atoms. The molecule has 0 saturated heterocycles. The van der Waals surface area contributed by atoms with E-state index in [1.807, 2.05) is 6.08 Å². The molecule has 2 nitrogen and oxygen atoms in total. The molecule has 2 aromatic carbocycles. The molecule has 1 aliphatic rings. The second-order valence-corrected chi connectivity index (χ2v) is 11.3. The molecule has 0 aromatic heterocycles. The van der Waals surface area contributed by atoms with Crippen molar-refractivity contribution < 1.29 is 27.1 Å². The fourth-order valence-corrected chi connectivity index (χ4v) is 4.47. The van der Waals surface area contributed by atoms with Crippen LogP contribution in [0.4, 0.5) is 17.6 Å². The summed E-state index contributed by atoms with van der Waals surface area (Å²) in [5.41, 5.74) is -0.126. The molecule has 8 heteroatoms. The van der Waals surface area contributed by atoms with Crippen molar-refractivity contribution in [2.24, 2.45) is 17.3 Å². The van der Waals surface area contributed by atoms with Gasteiger partial charge in [0.05, 0.1) is 8.96 Å². The van der Waals surface area contributed by atoms with Crippen LogP contribution in [0, 0.1) is 23.1 Å². The van der Waals surface area contributed by atoms with Crippen LogP contribution in [0.1, 0.15) is 37.8 Å². The quantitative estimate of drug-likeness (QED) is 0.245. The zero-order valence-corrected chi connectivity index (χ0v) is 20.7. The van der Waals surface area contributed by atoms with Crippen molar-refractivity contribution in [3.8, 4) is 11.1 Å². The first-order chi connectivity index (χ1) is 14.9. The van der Waals surface area contributed by atoms with Gasteiger partial charge in [0.25, 0.3) is 0 Å². The first-order valence-electron chi connectivity index (χ1n) is 10.0. The molecule has 0 spiro atoms.